The van der Waals surface area contributed by atoms with E-state index < -0.39 is 0 Å². The summed E-state index contributed by atoms with van der Waals surface area (Å²) < 4.78 is 0. The van der Waals surface area contributed by atoms with E-state index in [0.717, 1.165) is 40.1 Å². The SMILES string of the molecule is CC1=NOC(c2ccc(CN3Cc4ccnc(C)c4C3=O)cc2)C1. The molecule has 0 spiro atoms. The predicted molar refractivity (Wildman–Crippen MR) is 90.5 cm³/mol. The van der Waals surface area contributed by atoms with Crippen molar-refractivity contribution in [3.05, 3.63) is 64.5 Å². The van der Waals surface area contributed by atoms with Crippen molar-refractivity contribution in [2.45, 2.75) is 39.5 Å². The zero-order chi connectivity index (χ0) is 16.7. The number of aryl methyl sites for hydroxylation is 1. The summed E-state index contributed by atoms with van der Waals surface area (Å²) in [4.78, 5) is 24.1. The van der Waals surface area contributed by atoms with Gasteiger partial charge in [0.15, 0.2) is 6.10 Å². The van der Waals surface area contributed by atoms with Crippen LogP contribution < -0.4 is 0 Å². The number of benzene rings is 1. The van der Waals surface area contributed by atoms with Crippen LogP contribution in [-0.4, -0.2) is 21.5 Å². The molecule has 5 heteroatoms. The molecule has 0 bridgehead atoms. The monoisotopic (exact) mass is 321 g/mol. The summed E-state index contributed by atoms with van der Waals surface area (Å²) in [6.07, 6.45) is 2.63. The molecule has 3 heterocycles. The van der Waals surface area contributed by atoms with Gasteiger partial charge in [-0.05, 0) is 36.6 Å². The Balaban J connectivity index is 1.47. The summed E-state index contributed by atoms with van der Waals surface area (Å²) in [5, 5.41) is 4.00. The summed E-state index contributed by atoms with van der Waals surface area (Å²) >= 11 is 0. The summed E-state index contributed by atoms with van der Waals surface area (Å²) in [5.41, 5.74) is 5.89. The number of nitrogens with zero attached hydrogens (tertiary/aromatic N) is 3. The average molecular weight is 321 g/mol. The first-order chi connectivity index (χ1) is 11.6. The number of aromatic nitrogens is 1. The maximum atomic E-state index is 12.6. The standard InChI is InChI=1S/C19H19N3O2/c1-12-9-17(24-21-12)15-5-3-14(4-6-15)10-22-11-16-7-8-20-13(2)18(16)19(22)23/h3-8,17H,9-11H2,1-2H3. The van der Waals surface area contributed by atoms with Crippen molar-refractivity contribution in [1.29, 1.82) is 0 Å². The molecule has 0 radical (unpaired) electrons. The quantitative estimate of drug-likeness (QED) is 0.871. The van der Waals surface area contributed by atoms with Gasteiger partial charge in [0.05, 0.1) is 17.0 Å². The highest BCUT2D eigenvalue weighted by atomic mass is 16.6. The zero-order valence-corrected chi connectivity index (χ0v) is 13.8. The Labute approximate surface area is 141 Å². The molecule has 122 valence electrons. The van der Waals surface area contributed by atoms with E-state index in [2.05, 4.69) is 34.4 Å². The molecule has 1 aromatic heterocycles. The summed E-state index contributed by atoms with van der Waals surface area (Å²) in [6.45, 7) is 5.12. The topological polar surface area (TPSA) is 54.8 Å². The van der Waals surface area contributed by atoms with Crippen LogP contribution in [0.1, 0.15) is 52.2 Å². The van der Waals surface area contributed by atoms with Gasteiger partial charge >= 0.3 is 0 Å². The van der Waals surface area contributed by atoms with E-state index in [-0.39, 0.29) is 12.0 Å². The summed E-state index contributed by atoms with van der Waals surface area (Å²) in [7, 11) is 0. The van der Waals surface area contributed by atoms with Crippen molar-refractivity contribution in [2.75, 3.05) is 0 Å². The van der Waals surface area contributed by atoms with Crippen LogP contribution >= 0.6 is 0 Å². The van der Waals surface area contributed by atoms with Gasteiger partial charge in [0.1, 0.15) is 0 Å². The minimum atomic E-state index is 0.0189. The number of hydrogen-bond donors (Lipinski definition) is 0. The van der Waals surface area contributed by atoms with Crippen molar-refractivity contribution in [3.63, 3.8) is 0 Å². The van der Waals surface area contributed by atoms with Crippen LogP contribution in [0.2, 0.25) is 0 Å². The molecule has 0 fully saturated rings. The number of rotatable bonds is 3. The molecule has 1 unspecified atom stereocenters. The third-order valence-electron chi connectivity index (χ3n) is 4.63. The van der Waals surface area contributed by atoms with Crippen molar-refractivity contribution in [2.24, 2.45) is 5.16 Å². The first kappa shape index (κ1) is 14.9. The van der Waals surface area contributed by atoms with Crippen molar-refractivity contribution in [1.82, 2.24) is 9.88 Å². The fourth-order valence-corrected chi connectivity index (χ4v) is 3.34. The van der Waals surface area contributed by atoms with Crippen molar-refractivity contribution >= 4 is 11.6 Å². The molecule has 0 N–H and O–H groups in total. The van der Waals surface area contributed by atoms with E-state index in [9.17, 15) is 4.79 Å². The van der Waals surface area contributed by atoms with Crippen LogP contribution in [0.15, 0.2) is 41.7 Å². The maximum absolute atomic E-state index is 12.6. The van der Waals surface area contributed by atoms with E-state index in [1.807, 2.05) is 24.8 Å². The molecule has 24 heavy (non-hydrogen) atoms. The molecule has 2 aliphatic heterocycles. The van der Waals surface area contributed by atoms with E-state index >= 15 is 0 Å². The van der Waals surface area contributed by atoms with Gasteiger partial charge in [0.25, 0.3) is 5.91 Å². The zero-order valence-electron chi connectivity index (χ0n) is 13.8. The minimum Gasteiger partial charge on any atom is -0.387 e. The molecular weight excluding hydrogens is 302 g/mol. The molecular formula is C19H19N3O2. The van der Waals surface area contributed by atoms with Crippen LogP contribution in [0.4, 0.5) is 0 Å². The van der Waals surface area contributed by atoms with E-state index in [1.54, 1.807) is 6.20 Å². The van der Waals surface area contributed by atoms with Crippen molar-refractivity contribution < 1.29 is 9.63 Å². The minimum absolute atomic E-state index is 0.0189. The second-order valence-electron chi connectivity index (χ2n) is 6.46. The first-order valence-corrected chi connectivity index (χ1v) is 8.13. The second-order valence-corrected chi connectivity index (χ2v) is 6.46. The Morgan fingerprint density at radius 2 is 2.00 bits per heavy atom. The van der Waals surface area contributed by atoms with Gasteiger partial charge in [-0.1, -0.05) is 29.4 Å². The van der Waals surface area contributed by atoms with E-state index in [1.165, 1.54) is 0 Å². The fourth-order valence-electron chi connectivity index (χ4n) is 3.34. The van der Waals surface area contributed by atoms with Gasteiger partial charge < -0.3 is 9.74 Å². The largest absolute Gasteiger partial charge is 0.387 e. The van der Waals surface area contributed by atoms with Crippen LogP contribution in [0, 0.1) is 6.92 Å². The average Bonchev–Trinajstić information content (AvgIpc) is 3.13. The van der Waals surface area contributed by atoms with Gasteiger partial charge in [0.2, 0.25) is 0 Å². The molecule has 2 aliphatic rings. The summed E-state index contributed by atoms with van der Waals surface area (Å²) in [5.74, 6) is 0.0721. The number of fused-ring (bicyclic) bond motifs is 1. The molecule has 0 saturated heterocycles. The third kappa shape index (κ3) is 2.56. The Hall–Kier alpha value is -2.69. The van der Waals surface area contributed by atoms with Crippen LogP contribution in [0.5, 0.6) is 0 Å². The molecule has 1 amide bonds. The highest BCUT2D eigenvalue weighted by Gasteiger charge is 2.29. The van der Waals surface area contributed by atoms with E-state index in [4.69, 9.17) is 4.84 Å². The van der Waals surface area contributed by atoms with Gasteiger partial charge in [-0.25, -0.2) is 0 Å². The molecule has 4 rings (SSSR count). The second kappa shape index (κ2) is 5.74. The lowest BCUT2D eigenvalue weighted by atomic mass is 10.0. The number of pyridine rings is 1. The lowest BCUT2D eigenvalue weighted by Crippen LogP contribution is -2.23. The number of oxime groups is 1. The number of carbonyl (C=O) groups is 1. The highest BCUT2D eigenvalue weighted by Crippen LogP contribution is 2.29. The Bertz CT molecular complexity index is 827. The number of carbonyl (C=O) groups excluding carboxylic acids is 1. The Morgan fingerprint density at radius 3 is 2.67 bits per heavy atom. The molecule has 1 atom stereocenters. The molecule has 2 aromatic rings. The maximum Gasteiger partial charge on any atom is 0.256 e. The van der Waals surface area contributed by atoms with Gasteiger partial charge in [-0.2, -0.15) is 0 Å². The van der Waals surface area contributed by atoms with Gasteiger partial charge in [-0.3, -0.25) is 9.78 Å². The molecule has 0 saturated carbocycles. The van der Waals surface area contributed by atoms with Crippen LogP contribution in [-0.2, 0) is 17.9 Å². The van der Waals surface area contributed by atoms with Crippen LogP contribution in [0.25, 0.3) is 0 Å². The Morgan fingerprint density at radius 1 is 1.21 bits per heavy atom. The molecule has 1 aromatic carbocycles. The number of amides is 1. The smallest absolute Gasteiger partial charge is 0.256 e. The Kier molecular flexibility index (Phi) is 3.56. The number of hydrogen-bond acceptors (Lipinski definition) is 4. The lowest BCUT2D eigenvalue weighted by Gasteiger charge is -2.16. The lowest BCUT2D eigenvalue weighted by molar-refractivity contribution is 0.0765. The first-order valence-electron chi connectivity index (χ1n) is 8.13. The molecule has 5 nitrogen and oxygen atoms in total. The molecule has 0 aliphatic carbocycles. The third-order valence-corrected chi connectivity index (χ3v) is 4.63. The fraction of sp³-hybridized carbons (Fsp3) is 0.316. The van der Waals surface area contributed by atoms with Gasteiger partial charge in [0, 0.05) is 25.7 Å². The normalized spacial score (nSPS) is 19.2. The highest BCUT2D eigenvalue weighted by molar-refractivity contribution is 5.99. The van der Waals surface area contributed by atoms with Gasteiger partial charge in [-0.15, -0.1) is 0 Å². The summed E-state index contributed by atoms with van der Waals surface area (Å²) in [6, 6.07) is 10.2. The predicted octanol–water partition coefficient (Wildman–Crippen LogP) is 3.38. The van der Waals surface area contributed by atoms with E-state index in [0.29, 0.717) is 13.1 Å². The van der Waals surface area contributed by atoms with Crippen molar-refractivity contribution in [3.8, 4) is 0 Å². The van der Waals surface area contributed by atoms with Crippen LogP contribution in [0.3, 0.4) is 0 Å².